The van der Waals surface area contributed by atoms with Gasteiger partial charge in [-0.2, -0.15) is 13.2 Å². The SMILES string of the molecule is CC(C)c1cn(CCN2CC[C@H](O)C2)c(C2CCN(c3ncnc4c3[C@H](C(F)(F)F)CC(=O)N4)CC2)n1. The Morgan fingerprint density at radius 3 is 2.54 bits per heavy atom. The second-order valence-electron chi connectivity index (χ2n) is 10.7. The summed E-state index contributed by atoms with van der Waals surface area (Å²) in [7, 11) is 0. The molecule has 0 radical (unpaired) electrons. The minimum absolute atomic E-state index is 0.0376. The molecule has 2 atom stereocenters. The maximum atomic E-state index is 13.9. The van der Waals surface area contributed by atoms with Crippen LogP contribution in [0.1, 0.15) is 74.4 Å². The molecule has 202 valence electrons. The van der Waals surface area contributed by atoms with E-state index in [-0.39, 0.29) is 35.1 Å². The van der Waals surface area contributed by atoms with E-state index in [2.05, 4.69) is 44.8 Å². The number of hydrogen-bond donors (Lipinski definition) is 2. The first kappa shape index (κ1) is 25.9. The van der Waals surface area contributed by atoms with E-state index in [0.717, 1.165) is 50.4 Å². The lowest BCUT2D eigenvalue weighted by molar-refractivity contribution is -0.156. The van der Waals surface area contributed by atoms with Crippen LogP contribution in [0.15, 0.2) is 12.5 Å². The fourth-order valence-electron chi connectivity index (χ4n) is 5.66. The first-order chi connectivity index (χ1) is 17.6. The Labute approximate surface area is 214 Å². The lowest BCUT2D eigenvalue weighted by Crippen LogP contribution is -2.38. The number of nitrogens with one attached hydrogen (secondary N) is 1. The van der Waals surface area contributed by atoms with Gasteiger partial charge in [0.2, 0.25) is 5.91 Å². The number of aromatic nitrogens is 4. The minimum atomic E-state index is -4.56. The first-order valence-corrected chi connectivity index (χ1v) is 13.0. The van der Waals surface area contributed by atoms with Gasteiger partial charge >= 0.3 is 6.18 Å². The van der Waals surface area contributed by atoms with E-state index in [4.69, 9.17) is 4.98 Å². The number of aliphatic hydroxyl groups excluding tert-OH is 1. The molecule has 2 aromatic heterocycles. The third kappa shape index (κ3) is 5.45. The Balaban J connectivity index is 1.33. The number of imidazole rings is 1. The van der Waals surface area contributed by atoms with Crippen molar-refractivity contribution in [3.63, 3.8) is 0 Å². The van der Waals surface area contributed by atoms with Crippen molar-refractivity contribution in [3.8, 4) is 0 Å². The summed E-state index contributed by atoms with van der Waals surface area (Å²) < 4.78 is 43.8. The highest BCUT2D eigenvalue weighted by Gasteiger charge is 2.48. The minimum Gasteiger partial charge on any atom is -0.392 e. The summed E-state index contributed by atoms with van der Waals surface area (Å²) in [5.74, 6) is -0.900. The monoisotopic (exact) mass is 521 g/mol. The van der Waals surface area contributed by atoms with Gasteiger partial charge in [0.15, 0.2) is 0 Å². The van der Waals surface area contributed by atoms with Gasteiger partial charge in [-0.25, -0.2) is 15.0 Å². The zero-order chi connectivity index (χ0) is 26.3. The third-order valence-corrected chi connectivity index (χ3v) is 7.74. The summed E-state index contributed by atoms with van der Waals surface area (Å²) in [6.45, 7) is 8.52. The van der Waals surface area contributed by atoms with E-state index in [1.165, 1.54) is 6.33 Å². The zero-order valence-electron chi connectivity index (χ0n) is 21.2. The normalized spacial score (nSPS) is 23.5. The average molecular weight is 522 g/mol. The first-order valence-electron chi connectivity index (χ1n) is 13.0. The van der Waals surface area contributed by atoms with Crippen molar-refractivity contribution in [2.45, 2.75) is 76.1 Å². The predicted molar refractivity (Wildman–Crippen MR) is 132 cm³/mol. The Hall–Kier alpha value is -2.73. The fraction of sp³-hybridized carbons (Fsp3) is 0.680. The number of carbonyl (C=O) groups is 1. The number of carbonyl (C=O) groups excluding carboxylic acids is 1. The summed E-state index contributed by atoms with van der Waals surface area (Å²) in [6, 6.07) is 0. The molecule has 5 rings (SSSR count). The summed E-state index contributed by atoms with van der Waals surface area (Å²) in [5.41, 5.74) is 0.997. The lowest BCUT2D eigenvalue weighted by atomic mass is 9.90. The number of hydrogen-bond acceptors (Lipinski definition) is 7. The number of nitrogens with zero attached hydrogens (tertiary/aromatic N) is 6. The number of β-amino-alcohol motifs (C(OH)–C–C–N with tert-alkyl or cyclic N) is 1. The molecule has 0 spiro atoms. The van der Waals surface area contributed by atoms with E-state index in [1.54, 1.807) is 0 Å². The number of likely N-dealkylation sites (tertiary alicyclic amines) is 1. The summed E-state index contributed by atoms with van der Waals surface area (Å²) in [5, 5.41) is 12.3. The summed E-state index contributed by atoms with van der Waals surface area (Å²) in [6.07, 6.45) is 0.141. The highest BCUT2D eigenvalue weighted by molar-refractivity contribution is 5.94. The van der Waals surface area contributed by atoms with Gasteiger partial charge in [-0.3, -0.25) is 9.69 Å². The molecule has 0 unspecified atom stereocenters. The summed E-state index contributed by atoms with van der Waals surface area (Å²) >= 11 is 0. The van der Waals surface area contributed by atoms with Crippen molar-refractivity contribution in [1.29, 1.82) is 0 Å². The van der Waals surface area contributed by atoms with Crippen molar-refractivity contribution in [2.24, 2.45) is 0 Å². The van der Waals surface area contributed by atoms with Crippen LogP contribution in [-0.2, 0) is 11.3 Å². The molecule has 2 aromatic rings. The number of aliphatic hydroxyl groups is 1. The van der Waals surface area contributed by atoms with Crippen LogP contribution >= 0.6 is 0 Å². The number of rotatable bonds is 6. The largest absolute Gasteiger partial charge is 0.396 e. The second-order valence-corrected chi connectivity index (χ2v) is 10.7. The number of halogens is 3. The number of alkyl halides is 3. The highest BCUT2D eigenvalue weighted by Crippen LogP contribution is 2.46. The van der Waals surface area contributed by atoms with Crippen molar-refractivity contribution in [2.75, 3.05) is 42.9 Å². The molecule has 3 aliphatic rings. The van der Waals surface area contributed by atoms with Gasteiger partial charge in [-0.05, 0) is 25.2 Å². The van der Waals surface area contributed by atoms with Crippen LogP contribution in [0.2, 0.25) is 0 Å². The van der Waals surface area contributed by atoms with Gasteiger partial charge in [-0.1, -0.05) is 13.8 Å². The van der Waals surface area contributed by atoms with E-state index in [9.17, 15) is 23.1 Å². The maximum Gasteiger partial charge on any atom is 0.396 e. The molecule has 0 bridgehead atoms. The van der Waals surface area contributed by atoms with Crippen LogP contribution < -0.4 is 10.2 Å². The van der Waals surface area contributed by atoms with Crippen LogP contribution in [0.5, 0.6) is 0 Å². The van der Waals surface area contributed by atoms with Gasteiger partial charge in [-0.15, -0.1) is 0 Å². The van der Waals surface area contributed by atoms with E-state index in [0.29, 0.717) is 19.6 Å². The molecule has 1 amide bonds. The Morgan fingerprint density at radius 2 is 1.89 bits per heavy atom. The van der Waals surface area contributed by atoms with E-state index < -0.39 is 24.4 Å². The van der Waals surface area contributed by atoms with E-state index >= 15 is 0 Å². The van der Waals surface area contributed by atoms with E-state index in [1.807, 2.05) is 4.90 Å². The molecule has 12 heteroatoms. The second kappa shape index (κ2) is 10.2. The van der Waals surface area contributed by atoms with Crippen LogP contribution in [-0.4, -0.2) is 80.4 Å². The fourth-order valence-corrected chi connectivity index (χ4v) is 5.66. The molecule has 5 heterocycles. The zero-order valence-corrected chi connectivity index (χ0v) is 21.2. The molecule has 0 saturated carbocycles. The standard InChI is InChI=1S/C25H34F3N7O2/c1-15(2)19-13-35(10-9-33-6-5-17(36)12-33)23(31-19)16-3-7-34(8-4-16)24-21-18(25(26,27)28)11-20(37)32-22(21)29-14-30-24/h13-18,36H,3-12H2,1-2H3,(H,29,30,32,37)/t17-,18+/m0/s1. The van der Waals surface area contributed by atoms with Crippen molar-refractivity contribution >= 4 is 17.5 Å². The number of amides is 1. The Kier molecular flexibility index (Phi) is 7.14. The molecule has 9 nitrogen and oxygen atoms in total. The molecule has 0 aliphatic carbocycles. The molecule has 2 saturated heterocycles. The lowest BCUT2D eigenvalue weighted by Gasteiger charge is -2.36. The van der Waals surface area contributed by atoms with Gasteiger partial charge in [0.05, 0.1) is 23.3 Å². The molecule has 2 fully saturated rings. The van der Waals surface area contributed by atoms with Gasteiger partial charge < -0.3 is 19.9 Å². The van der Waals surface area contributed by atoms with Gasteiger partial charge in [0.1, 0.15) is 23.8 Å². The third-order valence-electron chi connectivity index (χ3n) is 7.74. The quantitative estimate of drug-likeness (QED) is 0.602. The molecular formula is C25H34F3N7O2. The molecular weight excluding hydrogens is 487 g/mol. The molecule has 2 N–H and O–H groups in total. The highest BCUT2D eigenvalue weighted by atomic mass is 19.4. The molecule has 37 heavy (non-hydrogen) atoms. The van der Waals surface area contributed by atoms with Crippen molar-refractivity contribution in [1.82, 2.24) is 24.4 Å². The van der Waals surface area contributed by atoms with Crippen LogP contribution in [0.3, 0.4) is 0 Å². The predicted octanol–water partition coefficient (Wildman–Crippen LogP) is 3.24. The average Bonchev–Trinajstić information content (AvgIpc) is 3.47. The van der Waals surface area contributed by atoms with Crippen LogP contribution in [0.25, 0.3) is 0 Å². The van der Waals surface area contributed by atoms with Crippen LogP contribution in [0, 0.1) is 0 Å². The van der Waals surface area contributed by atoms with Crippen LogP contribution in [0.4, 0.5) is 24.8 Å². The smallest absolute Gasteiger partial charge is 0.392 e. The number of fused-ring (bicyclic) bond motifs is 1. The molecule has 3 aliphatic heterocycles. The molecule has 0 aromatic carbocycles. The number of anilines is 2. The number of piperidine rings is 1. The van der Waals surface area contributed by atoms with Crippen molar-refractivity contribution in [3.05, 3.63) is 29.6 Å². The Morgan fingerprint density at radius 1 is 1.14 bits per heavy atom. The summed E-state index contributed by atoms with van der Waals surface area (Å²) in [4.78, 5) is 29.2. The maximum absolute atomic E-state index is 13.9. The van der Waals surface area contributed by atoms with Crippen molar-refractivity contribution < 1.29 is 23.1 Å². The Bertz CT molecular complexity index is 1130. The van der Waals surface area contributed by atoms with Gasteiger partial charge in [0.25, 0.3) is 0 Å². The van der Waals surface area contributed by atoms with Gasteiger partial charge in [0, 0.05) is 57.8 Å². The topological polar surface area (TPSA) is 99.4 Å².